The molecule has 76 valence electrons. The molecule has 0 spiro atoms. The van der Waals surface area contributed by atoms with Crippen molar-refractivity contribution in [2.75, 3.05) is 0 Å². The minimum Gasteiger partial charge on any atom is -0.393 e. The molecule has 4 nitrogen and oxygen atoms in total. The van der Waals surface area contributed by atoms with Crippen molar-refractivity contribution in [1.82, 2.24) is 9.55 Å². The van der Waals surface area contributed by atoms with Gasteiger partial charge in [-0.25, -0.2) is 4.98 Å². The molecule has 2 N–H and O–H groups in total. The van der Waals surface area contributed by atoms with Crippen LogP contribution in [0.3, 0.4) is 0 Å². The summed E-state index contributed by atoms with van der Waals surface area (Å²) in [5.74, 6) is 0. The largest absolute Gasteiger partial charge is 0.393 e. The molecule has 0 radical (unpaired) electrons. The van der Waals surface area contributed by atoms with Crippen LogP contribution in [0, 0.1) is 0 Å². The van der Waals surface area contributed by atoms with Gasteiger partial charge in [-0.3, -0.25) is 9.36 Å². The molecule has 0 bridgehead atoms. The minimum absolute atomic E-state index is 0.0182. The first-order valence-corrected chi connectivity index (χ1v) is 4.90. The number of nitrogens with two attached hydrogens (primary N) is 1. The van der Waals surface area contributed by atoms with E-state index in [9.17, 15) is 4.79 Å². The highest BCUT2D eigenvalue weighted by molar-refractivity contribution is 7.80. The Morgan fingerprint density at radius 2 is 2.36 bits per heavy atom. The summed E-state index contributed by atoms with van der Waals surface area (Å²) in [5.41, 5.74) is 5.33. The van der Waals surface area contributed by atoms with Crippen molar-refractivity contribution in [1.29, 1.82) is 0 Å². The summed E-state index contributed by atoms with van der Waals surface area (Å²) in [6, 6.07) is 1.45. The Morgan fingerprint density at radius 3 is 3.00 bits per heavy atom. The lowest BCUT2D eigenvalue weighted by atomic mass is 10.2. The van der Waals surface area contributed by atoms with E-state index < -0.39 is 0 Å². The standard InChI is InChI=1S/C9H13N3OS/c10-8(14)3-1-2-6-12-7-11-5-4-9(12)13/h4-5,7H,1-3,6H2,(H2,10,14). The molecular weight excluding hydrogens is 198 g/mol. The summed E-state index contributed by atoms with van der Waals surface area (Å²) in [6.07, 6.45) is 5.58. The van der Waals surface area contributed by atoms with Crippen LogP contribution in [0.2, 0.25) is 0 Å². The second-order valence-corrected chi connectivity index (χ2v) is 3.56. The van der Waals surface area contributed by atoms with E-state index in [1.165, 1.54) is 12.3 Å². The number of nitrogens with zero attached hydrogens (tertiary/aromatic N) is 2. The molecule has 0 saturated carbocycles. The number of rotatable bonds is 5. The number of unbranched alkanes of at least 4 members (excludes halogenated alkanes) is 1. The molecule has 0 aliphatic rings. The predicted molar refractivity (Wildman–Crippen MR) is 59.1 cm³/mol. The number of hydrogen-bond donors (Lipinski definition) is 1. The highest BCUT2D eigenvalue weighted by atomic mass is 32.1. The van der Waals surface area contributed by atoms with Gasteiger partial charge in [0.15, 0.2) is 0 Å². The van der Waals surface area contributed by atoms with Gasteiger partial charge in [0.25, 0.3) is 5.56 Å². The molecule has 5 heteroatoms. The minimum atomic E-state index is -0.0182. The lowest BCUT2D eigenvalue weighted by molar-refractivity contribution is 0.593. The van der Waals surface area contributed by atoms with Crippen LogP contribution in [-0.2, 0) is 6.54 Å². The quantitative estimate of drug-likeness (QED) is 0.575. The molecule has 0 atom stereocenters. The first-order valence-electron chi connectivity index (χ1n) is 4.49. The van der Waals surface area contributed by atoms with E-state index in [2.05, 4.69) is 4.98 Å². The first kappa shape index (κ1) is 10.8. The third-order valence-corrected chi connectivity index (χ3v) is 2.07. The van der Waals surface area contributed by atoms with Crippen molar-refractivity contribution < 1.29 is 0 Å². The van der Waals surface area contributed by atoms with Gasteiger partial charge in [-0.1, -0.05) is 12.2 Å². The molecule has 1 heterocycles. The van der Waals surface area contributed by atoms with Crippen molar-refractivity contribution in [2.24, 2.45) is 5.73 Å². The maximum absolute atomic E-state index is 11.2. The summed E-state index contributed by atoms with van der Waals surface area (Å²) in [5, 5.41) is 0. The number of aromatic nitrogens is 2. The lowest BCUT2D eigenvalue weighted by Crippen LogP contribution is -2.19. The smallest absolute Gasteiger partial charge is 0.253 e. The topological polar surface area (TPSA) is 60.9 Å². The Morgan fingerprint density at radius 1 is 1.57 bits per heavy atom. The second-order valence-electron chi connectivity index (χ2n) is 3.04. The normalized spacial score (nSPS) is 10.0. The van der Waals surface area contributed by atoms with Crippen molar-refractivity contribution in [3.8, 4) is 0 Å². The summed E-state index contributed by atoms with van der Waals surface area (Å²) < 4.78 is 1.58. The molecule has 0 aromatic carbocycles. The zero-order valence-corrected chi connectivity index (χ0v) is 8.67. The molecule has 0 fully saturated rings. The molecular formula is C9H13N3OS. The molecule has 1 aromatic rings. The molecule has 0 aliphatic heterocycles. The summed E-state index contributed by atoms with van der Waals surface area (Å²) in [6.45, 7) is 0.676. The highest BCUT2D eigenvalue weighted by Crippen LogP contribution is 1.96. The monoisotopic (exact) mass is 211 g/mol. The number of hydrogen-bond acceptors (Lipinski definition) is 3. The van der Waals surface area contributed by atoms with Gasteiger partial charge < -0.3 is 5.73 Å². The van der Waals surface area contributed by atoms with Gasteiger partial charge in [-0.15, -0.1) is 0 Å². The fourth-order valence-electron chi connectivity index (χ4n) is 1.13. The van der Waals surface area contributed by atoms with Gasteiger partial charge in [-0.2, -0.15) is 0 Å². The van der Waals surface area contributed by atoms with E-state index in [0.29, 0.717) is 11.5 Å². The lowest BCUT2D eigenvalue weighted by Gasteiger charge is -2.03. The Hall–Kier alpha value is -1.23. The molecule has 14 heavy (non-hydrogen) atoms. The summed E-state index contributed by atoms with van der Waals surface area (Å²) in [4.78, 5) is 15.6. The van der Waals surface area contributed by atoms with Crippen molar-refractivity contribution in [3.63, 3.8) is 0 Å². The molecule has 0 aliphatic carbocycles. The van der Waals surface area contributed by atoms with Crippen LogP contribution in [0.25, 0.3) is 0 Å². The fraction of sp³-hybridized carbons (Fsp3) is 0.444. The third-order valence-electron chi connectivity index (χ3n) is 1.86. The van der Waals surface area contributed by atoms with E-state index >= 15 is 0 Å². The van der Waals surface area contributed by atoms with Gasteiger partial charge >= 0.3 is 0 Å². The van der Waals surface area contributed by atoms with E-state index in [0.717, 1.165) is 19.3 Å². The highest BCUT2D eigenvalue weighted by Gasteiger charge is 1.95. The summed E-state index contributed by atoms with van der Waals surface area (Å²) >= 11 is 4.75. The predicted octanol–water partition coefficient (Wildman–Crippen LogP) is 0.700. The maximum atomic E-state index is 11.2. The van der Waals surface area contributed by atoms with E-state index in [4.69, 9.17) is 18.0 Å². The average Bonchev–Trinajstić information content (AvgIpc) is 2.15. The maximum Gasteiger partial charge on any atom is 0.253 e. The summed E-state index contributed by atoms with van der Waals surface area (Å²) in [7, 11) is 0. The first-order chi connectivity index (χ1) is 6.70. The average molecular weight is 211 g/mol. The second kappa shape index (κ2) is 5.49. The van der Waals surface area contributed by atoms with E-state index in [1.54, 1.807) is 10.9 Å². The Labute approximate surface area is 87.8 Å². The SMILES string of the molecule is NC(=S)CCCCn1cnccc1=O. The van der Waals surface area contributed by atoms with Crippen LogP contribution in [-0.4, -0.2) is 14.5 Å². The Balaban J connectivity index is 2.35. The fourth-order valence-corrected chi connectivity index (χ4v) is 1.27. The molecule has 1 aromatic heterocycles. The van der Waals surface area contributed by atoms with E-state index in [1.807, 2.05) is 0 Å². The molecule has 0 saturated heterocycles. The molecule has 0 amide bonds. The van der Waals surface area contributed by atoms with Crippen molar-refractivity contribution in [3.05, 3.63) is 28.9 Å². The van der Waals surface area contributed by atoms with Crippen LogP contribution < -0.4 is 11.3 Å². The van der Waals surface area contributed by atoms with Gasteiger partial charge in [0.1, 0.15) is 0 Å². The molecule has 0 unspecified atom stereocenters. The zero-order chi connectivity index (χ0) is 10.4. The van der Waals surface area contributed by atoms with Crippen LogP contribution in [0.5, 0.6) is 0 Å². The van der Waals surface area contributed by atoms with Gasteiger partial charge in [0.05, 0.1) is 11.3 Å². The van der Waals surface area contributed by atoms with Gasteiger partial charge in [-0.05, 0) is 19.3 Å². The van der Waals surface area contributed by atoms with Gasteiger partial charge in [0, 0.05) is 18.8 Å². The van der Waals surface area contributed by atoms with Crippen molar-refractivity contribution >= 4 is 17.2 Å². The number of thiocarbonyl (C=S) groups is 1. The molecule has 1 rings (SSSR count). The van der Waals surface area contributed by atoms with Crippen molar-refractivity contribution in [2.45, 2.75) is 25.8 Å². The van der Waals surface area contributed by atoms with Crippen LogP contribution in [0.1, 0.15) is 19.3 Å². The number of aryl methyl sites for hydroxylation is 1. The van der Waals surface area contributed by atoms with E-state index in [-0.39, 0.29) is 5.56 Å². The Kier molecular flexibility index (Phi) is 4.25. The van der Waals surface area contributed by atoms with Gasteiger partial charge in [0.2, 0.25) is 0 Å². The Bertz CT molecular complexity index is 361. The van der Waals surface area contributed by atoms with Crippen LogP contribution in [0.4, 0.5) is 0 Å². The van der Waals surface area contributed by atoms with Crippen LogP contribution >= 0.6 is 12.2 Å². The van der Waals surface area contributed by atoms with Crippen LogP contribution in [0.15, 0.2) is 23.4 Å². The third kappa shape index (κ3) is 3.66. The zero-order valence-electron chi connectivity index (χ0n) is 7.85.